The molecule has 2 aromatic rings. The van der Waals surface area contributed by atoms with Crippen LogP contribution in [-0.4, -0.2) is 26.9 Å². The van der Waals surface area contributed by atoms with Crippen LogP contribution >= 0.6 is 22.6 Å². The second-order valence-electron chi connectivity index (χ2n) is 3.89. The van der Waals surface area contributed by atoms with E-state index in [1.165, 1.54) is 0 Å². The van der Waals surface area contributed by atoms with Gasteiger partial charge in [0.25, 0.3) is 0 Å². The van der Waals surface area contributed by atoms with Gasteiger partial charge >= 0.3 is 0 Å². The third-order valence-electron chi connectivity index (χ3n) is 2.70. The van der Waals surface area contributed by atoms with Crippen LogP contribution in [0.5, 0.6) is 0 Å². The van der Waals surface area contributed by atoms with Gasteiger partial charge in [0.2, 0.25) is 0 Å². The van der Waals surface area contributed by atoms with Crippen molar-refractivity contribution < 1.29 is 4.74 Å². The lowest BCUT2D eigenvalue weighted by Crippen LogP contribution is -2.06. The minimum atomic E-state index is 0.414. The molecule has 0 atom stereocenters. The summed E-state index contributed by atoms with van der Waals surface area (Å²) in [5, 5.41) is 4.18. The van der Waals surface area contributed by atoms with Crippen LogP contribution in [0.4, 0.5) is 5.82 Å². The Bertz CT molecular complexity index is 581. The van der Waals surface area contributed by atoms with Gasteiger partial charge in [-0.05, 0) is 29.5 Å². The fraction of sp³-hybridized carbons (Fsp3) is 0.364. The van der Waals surface area contributed by atoms with E-state index in [-0.39, 0.29) is 0 Å². The normalized spacial score (nSPS) is 10.9. The number of ether oxygens (including phenoxy) is 1. The highest BCUT2D eigenvalue weighted by Gasteiger charge is 2.14. The van der Waals surface area contributed by atoms with Gasteiger partial charge in [-0.25, -0.2) is 9.97 Å². The predicted octanol–water partition coefficient (Wildman–Crippen LogP) is 1.52. The van der Waals surface area contributed by atoms with E-state index in [1.807, 2.05) is 14.0 Å². The van der Waals surface area contributed by atoms with E-state index in [0.717, 1.165) is 20.5 Å². The molecule has 0 radical (unpaired) electrons. The molecule has 7 heteroatoms. The maximum Gasteiger partial charge on any atom is 0.165 e. The standard InChI is InChI=1S/C11H14IN5O/c1-6-7(4-14-17(6)2)11-15-8(5-18-3)9(12)10(13)16-11/h4H,5H2,1-3H3,(H2,13,15,16). The number of hydrogen-bond donors (Lipinski definition) is 1. The number of rotatable bonds is 3. The van der Waals surface area contributed by atoms with Crippen LogP contribution in [0.2, 0.25) is 0 Å². The number of hydrogen-bond acceptors (Lipinski definition) is 5. The van der Waals surface area contributed by atoms with E-state index in [4.69, 9.17) is 10.5 Å². The van der Waals surface area contributed by atoms with E-state index in [2.05, 4.69) is 37.7 Å². The molecule has 0 saturated carbocycles. The molecule has 0 amide bonds. The van der Waals surface area contributed by atoms with E-state index in [1.54, 1.807) is 18.0 Å². The van der Waals surface area contributed by atoms with Gasteiger partial charge in [0.05, 0.1) is 27.6 Å². The number of aromatic nitrogens is 4. The van der Waals surface area contributed by atoms with Crippen LogP contribution in [-0.2, 0) is 18.4 Å². The molecule has 0 aliphatic carbocycles. The number of nitrogens with two attached hydrogens (primary N) is 1. The van der Waals surface area contributed by atoms with Crippen molar-refractivity contribution in [2.45, 2.75) is 13.5 Å². The molecule has 2 N–H and O–H groups in total. The molecule has 2 aromatic heterocycles. The van der Waals surface area contributed by atoms with Crippen molar-refractivity contribution in [1.29, 1.82) is 0 Å². The van der Waals surface area contributed by atoms with Crippen LogP contribution in [0.3, 0.4) is 0 Å². The summed E-state index contributed by atoms with van der Waals surface area (Å²) in [5.74, 6) is 1.06. The first-order valence-electron chi connectivity index (χ1n) is 5.34. The molecule has 0 aromatic carbocycles. The van der Waals surface area contributed by atoms with Gasteiger partial charge in [-0.1, -0.05) is 0 Å². The summed E-state index contributed by atoms with van der Waals surface area (Å²) in [4.78, 5) is 8.80. The Labute approximate surface area is 119 Å². The lowest BCUT2D eigenvalue weighted by atomic mass is 10.2. The average molecular weight is 359 g/mol. The summed E-state index contributed by atoms with van der Waals surface area (Å²) in [7, 11) is 3.51. The Morgan fingerprint density at radius 1 is 1.44 bits per heavy atom. The molecule has 0 aliphatic heterocycles. The van der Waals surface area contributed by atoms with Crippen LogP contribution < -0.4 is 5.73 Å². The van der Waals surface area contributed by atoms with E-state index < -0.39 is 0 Å². The fourth-order valence-corrected chi connectivity index (χ4v) is 1.98. The van der Waals surface area contributed by atoms with Crippen molar-refractivity contribution in [1.82, 2.24) is 19.7 Å². The summed E-state index contributed by atoms with van der Waals surface area (Å²) in [6.45, 7) is 2.38. The molecule has 0 bridgehead atoms. The number of anilines is 1. The van der Waals surface area contributed by atoms with Crippen LogP contribution in [0.15, 0.2) is 6.20 Å². The van der Waals surface area contributed by atoms with Gasteiger partial charge in [0.15, 0.2) is 5.82 Å². The second-order valence-corrected chi connectivity index (χ2v) is 4.97. The number of nitrogens with zero attached hydrogens (tertiary/aromatic N) is 4. The zero-order chi connectivity index (χ0) is 13.3. The van der Waals surface area contributed by atoms with Crippen molar-refractivity contribution in [3.63, 3.8) is 0 Å². The maximum absolute atomic E-state index is 5.90. The van der Waals surface area contributed by atoms with Crippen molar-refractivity contribution in [3.05, 3.63) is 21.2 Å². The molecule has 0 aliphatic rings. The first-order chi connectivity index (χ1) is 8.54. The lowest BCUT2D eigenvalue weighted by molar-refractivity contribution is 0.181. The summed E-state index contributed by atoms with van der Waals surface area (Å²) < 4.78 is 7.73. The molecular weight excluding hydrogens is 345 g/mol. The Kier molecular flexibility index (Phi) is 3.81. The van der Waals surface area contributed by atoms with Crippen LogP contribution in [0.1, 0.15) is 11.4 Å². The van der Waals surface area contributed by atoms with Gasteiger partial charge in [-0.15, -0.1) is 0 Å². The summed E-state index contributed by atoms with van der Waals surface area (Å²) in [6.07, 6.45) is 1.74. The topological polar surface area (TPSA) is 78.9 Å². The van der Waals surface area contributed by atoms with Crippen molar-refractivity contribution in [3.8, 4) is 11.4 Å². The van der Waals surface area contributed by atoms with Crippen LogP contribution in [0.25, 0.3) is 11.4 Å². The highest BCUT2D eigenvalue weighted by Crippen LogP contribution is 2.24. The Morgan fingerprint density at radius 3 is 2.72 bits per heavy atom. The molecule has 6 nitrogen and oxygen atoms in total. The minimum Gasteiger partial charge on any atom is -0.383 e. The summed E-state index contributed by atoms with van der Waals surface area (Å²) in [6, 6.07) is 0. The Hall–Kier alpha value is -1.22. The molecular formula is C11H14IN5O. The van der Waals surface area contributed by atoms with E-state index >= 15 is 0 Å². The second kappa shape index (κ2) is 5.19. The van der Waals surface area contributed by atoms with Crippen molar-refractivity contribution in [2.24, 2.45) is 7.05 Å². The smallest absolute Gasteiger partial charge is 0.165 e. The van der Waals surface area contributed by atoms with Gasteiger partial charge in [-0.3, -0.25) is 4.68 Å². The highest BCUT2D eigenvalue weighted by molar-refractivity contribution is 14.1. The summed E-state index contributed by atoms with van der Waals surface area (Å²) in [5.41, 5.74) is 8.59. The number of methoxy groups -OCH3 is 1. The SMILES string of the molecule is COCc1nc(-c2cnn(C)c2C)nc(N)c1I. The van der Waals surface area contributed by atoms with Gasteiger partial charge in [0, 0.05) is 19.9 Å². The van der Waals surface area contributed by atoms with Crippen LogP contribution in [0, 0.1) is 10.5 Å². The van der Waals surface area contributed by atoms with E-state index in [0.29, 0.717) is 18.2 Å². The molecule has 18 heavy (non-hydrogen) atoms. The fourth-order valence-electron chi connectivity index (χ4n) is 1.58. The first-order valence-corrected chi connectivity index (χ1v) is 6.42. The number of halogens is 1. The lowest BCUT2D eigenvalue weighted by Gasteiger charge is -2.08. The molecule has 0 saturated heterocycles. The summed E-state index contributed by atoms with van der Waals surface area (Å²) >= 11 is 2.13. The average Bonchev–Trinajstić information content (AvgIpc) is 2.66. The van der Waals surface area contributed by atoms with E-state index in [9.17, 15) is 0 Å². The molecule has 2 rings (SSSR count). The number of aryl methyl sites for hydroxylation is 1. The molecule has 96 valence electrons. The van der Waals surface area contributed by atoms with Gasteiger partial charge in [0.1, 0.15) is 5.82 Å². The molecule has 0 spiro atoms. The maximum atomic E-state index is 5.90. The Balaban J connectivity index is 2.55. The van der Waals surface area contributed by atoms with Gasteiger partial charge < -0.3 is 10.5 Å². The quantitative estimate of drug-likeness (QED) is 0.841. The third kappa shape index (κ3) is 2.32. The molecule has 0 fully saturated rings. The van der Waals surface area contributed by atoms with Gasteiger partial charge in [-0.2, -0.15) is 5.10 Å². The zero-order valence-electron chi connectivity index (χ0n) is 10.4. The highest BCUT2D eigenvalue weighted by atomic mass is 127. The first kappa shape index (κ1) is 13.2. The third-order valence-corrected chi connectivity index (χ3v) is 3.88. The van der Waals surface area contributed by atoms with Crippen molar-refractivity contribution >= 4 is 28.4 Å². The Morgan fingerprint density at radius 2 is 2.17 bits per heavy atom. The van der Waals surface area contributed by atoms with Crippen molar-refractivity contribution in [2.75, 3.05) is 12.8 Å². The zero-order valence-corrected chi connectivity index (χ0v) is 12.6. The molecule has 0 unspecified atom stereocenters. The largest absolute Gasteiger partial charge is 0.383 e. The predicted molar refractivity (Wildman–Crippen MR) is 76.8 cm³/mol. The monoisotopic (exact) mass is 359 g/mol. The minimum absolute atomic E-state index is 0.414. The number of nitrogen functional groups attached to an aromatic ring is 1. The molecule has 2 heterocycles.